The van der Waals surface area contributed by atoms with E-state index in [2.05, 4.69) is 31.0 Å². The van der Waals surface area contributed by atoms with Crippen LogP contribution < -0.4 is 0 Å². The molecule has 0 heterocycles. The smallest absolute Gasteiger partial charge is 0.0375 e. The third kappa shape index (κ3) is 9.43. The van der Waals surface area contributed by atoms with Crippen LogP contribution in [0.15, 0.2) is 10.2 Å². The minimum Gasteiger partial charge on any atom is -0.161 e. The van der Waals surface area contributed by atoms with Gasteiger partial charge in [0.2, 0.25) is 0 Å². The Labute approximate surface area is 88.5 Å². The molecule has 0 aromatic heterocycles. The number of nitrogens with zero attached hydrogens (tertiary/aromatic N) is 2. The molecule has 0 aliphatic rings. The molecule has 0 aliphatic heterocycles. The van der Waals surface area contributed by atoms with Crippen molar-refractivity contribution >= 4 is 11.4 Å². The Morgan fingerprint density at radius 3 is 2.14 bits per heavy atom. The summed E-state index contributed by atoms with van der Waals surface area (Å²) < 4.78 is 0. The monoisotopic (exact) mass is 196 g/mol. The summed E-state index contributed by atoms with van der Waals surface area (Å²) in [7, 11) is 0. The molecule has 0 radical (unpaired) electrons. The number of unbranched alkanes of at least 4 members (excludes halogenated alkanes) is 1. The number of hydrogen-bond donors (Lipinski definition) is 0. The lowest BCUT2D eigenvalue weighted by molar-refractivity contribution is 0.543. The van der Waals surface area contributed by atoms with Crippen LogP contribution in [0.2, 0.25) is 0 Å². The van der Waals surface area contributed by atoms with Gasteiger partial charge >= 0.3 is 0 Å². The number of rotatable bonds is 6. The van der Waals surface area contributed by atoms with Crippen LogP contribution in [0.4, 0.5) is 0 Å². The Hall–Kier alpha value is -0.660. The SMILES string of the molecule is CC(C)=NN=C(C)CCCCC(C)C. The van der Waals surface area contributed by atoms with E-state index in [-0.39, 0.29) is 0 Å². The van der Waals surface area contributed by atoms with Gasteiger partial charge in [0.25, 0.3) is 0 Å². The van der Waals surface area contributed by atoms with Gasteiger partial charge in [-0.15, -0.1) is 0 Å². The second-order valence-corrected chi connectivity index (χ2v) is 4.52. The summed E-state index contributed by atoms with van der Waals surface area (Å²) in [5.41, 5.74) is 2.17. The lowest BCUT2D eigenvalue weighted by Gasteiger charge is -2.03. The molecular weight excluding hydrogens is 172 g/mol. The van der Waals surface area contributed by atoms with E-state index in [0.29, 0.717) is 0 Å². The normalized spacial score (nSPS) is 12.0. The molecule has 0 aromatic carbocycles. The molecule has 0 rings (SSSR count). The highest BCUT2D eigenvalue weighted by Crippen LogP contribution is 2.08. The molecule has 0 N–H and O–H groups in total. The molecule has 0 fully saturated rings. The molecular formula is C12H24N2. The van der Waals surface area contributed by atoms with Crippen molar-refractivity contribution in [1.82, 2.24) is 0 Å². The zero-order chi connectivity index (χ0) is 11.0. The lowest BCUT2D eigenvalue weighted by atomic mass is 10.0. The first-order valence-electron chi connectivity index (χ1n) is 5.56. The predicted octanol–water partition coefficient (Wildman–Crippen LogP) is 4.06. The van der Waals surface area contributed by atoms with Crippen molar-refractivity contribution in [2.75, 3.05) is 0 Å². The maximum absolute atomic E-state index is 4.14. The van der Waals surface area contributed by atoms with Gasteiger partial charge in [0.05, 0.1) is 0 Å². The van der Waals surface area contributed by atoms with Gasteiger partial charge in [0.1, 0.15) is 0 Å². The van der Waals surface area contributed by atoms with Crippen LogP contribution in [-0.2, 0) is 0 Å². The third-order valence-corrected chi connectivity index (χ3v) is 1.99. The summed E-state index contributed by atoms with van der Waals surface area (Å²) in [6.45, 7) is 10.5. The molecule has 0 aromatic rings. The average molecular weight is 196 g/mol. The van der Waals surface area contributed by atoms with E-state index < -0.39 is 0 Å². The van der Waals surface area contributed by atoms with Crippen LogP contribution in [-0.4, -0.2) is 11.4 Å². The largest absolute Gasteiger partial charge is 0.161 e. The van der Waals surface area contributed by atoms with E-state index in [1.807, 2.05) is 13.8 Å². The van der Waals surface area contributed by atoms with Crippen LogP contribution >= 0.6 is 0 Å². The lowest BCUT2D eigenvalue weighted by Crippen LogP contribution is -1.93. The quantitative estimate of drug-likeness (QED) is 0.348. The first kappa shape index (κ1) is 13.3. The Bertz CT molecular complexity index is 198. The molecule has 0 amide bonds. The fourth-order valence-electron chi connectivity index (χ4n) is 1.17. The molecule has 14 heavy (non-hydrogen) atoms. The van der Waals surface area contributed by atoms with Gasteiger partial charge < -0.3 is 0 Å². The number of hydrogen-bond acceptors (Lipinski definition) is 2. The topological polar surface area (TPSA) is 24.7 Å². The molecule has 2 nitrogen and oxygen atoms in total. The van der Waals surface area contributed by atoms with E-state index in [1.165, 1.54) is 19.3 Å². The van der Waals surface area contributed by atoms with Crippen LogP contribution in [0, 0.1) is 5.92 Å². The van der Waals surface area contributed by atoms with Crippen molar-refractivity contribution in [3.8, 4) is 0 Å². The van der Waals surface area contributed by atoms with Gasteiger partial charge in [-0.05, 0) is 39.5 Å². The van der Waals surface area contributed by atoms with E-state index >= 15 is 0 Å². The highest BCUT2D eigenvalue weighted by atomic mass is 15.2. The van der Waals surface area contributed by atoms with Crippen molar-refractivity contribution in [1.29, 1.82) is 0 Å². The van der Waals surface area contributed by atoms with Crippen LogP contribution in [0.5, 0.6) is 0 Å². The van der Waals surface area contributed by atoms with E-state index in [4.69, 9.17) is 0 Å². The molecule has 0 atom stereocenters. The fraction of sp³-hybridized carbons (Fsp3) is 0.833. The maximum atomic E-state index is 4.14. The Kier molecular flexibility index (Phi) is 7.35. The molecule has 82 valence electrons. The fourth-order valence-corrected chi connectivity index (χ4v) is 1.17. The van der Waals surface area contributed by atoms with E-state index in [9.17, 15) is 0 Å². The van der Waals surface area contributed by atoms with Crippen molar-refractivity contribution in [2.45, 2.75) is 60.3 Å². The summed E-state index contributed by atoms with van der Waals surface area (Å²) in [6, 6.07) is 0. The maximum Gasteiger partial charge on any atom is 0.0375 e. The van der Waals surface area contributed by atoms with Crippen molar-refractivity contribution in [3.63, 3.8) is 0 Å². The van der Waals surface area contributed by atoms with E-state index in [0.717, 1.165) is 23.8 Å². The zero-order valence-electron chi connectivity index (χ0n) is 10.3. The average Bonchev–Trinajstić information content (AvgIpc) is 2.08. The molecule has 2 heteroatoms. The van der Waals surface area contributed by atoms with Crippen LogP contribution in [0.25, 0.3) is 0 Å². The third-order valence-electron chi connectivity index (χ3n) is 1.99. The molecule has 0 aliphatic carbocycles. The summed E-state index contributed by atoms with van der Waals surface area (Å²) in [6.07, 6.45) is 4.96. The minimum atomic E-state index is 0.822. The van der Waals surface area contributed by atoms with Crippen LogP contribution in [0.1, 0.15) is 60.3 Å². The Morgan fingerprint density at radius 1 is 1.00 bits per heavy atom. The minimum absolute atomic E-state index is 0.822. The second-order valence-electron chi connectivity index (χ2n) is 4.52. The zero-order valence-corrected chi connectivity index (χ0v) is 10.3. The van der Waals surface area contributed by atoms with Gasteiger partial charge in [0, 0.05) is 11.4 Å². The molecule has 0 bridgehead atoms. The van der Waals surface area contributed by atoms with E-state index in [1.54, 1.807) is 0 Å². The molecule has 0 unspecified atom stereocenters. The Balaban J connectivity index is 3.58. The summed E-state index contributed by atoms with van der Waals surface area (Å²) in [5, 5.41) is 8.19. The predicted molar refractivity (Wildman–Crippen MR) is 65.2 cm³/mol. The highest BCUT2D eigenvalue weighted by molar-refractivity contribution is 5.84. The van der Waals surface area contributed by atoms with Gasteiger partial charge in [0.15, 0.2) is 0 Å². The van der Waals surface area contributed by atoms with Crippen LogP contribution in [0.3, 0.4) is 0 Å². The van der Waals surface area contributed by atoms with Gasteiger partial charge in [-0.25, -0.2) is 0 Å². The van der Waals surface area contributed by atoms with Crippen molar-refractivity contribution < 1.29 is 0 Å². The molecule has 0 spiro atoms. The standard InChI is InChI=1S/C12H24N2/c1-10(2)8-6-7-9-12(5)14-13-11(3)4/h10H,6-9H2,1-5H3. The molecule has 0 saturated heterocycles. The second kappa shape index (κ2) is 7.72. The van der Waals surface area contributed by atoms with Gasteiger partial charge in [-0.3, -0.25) is 0 Å². The van der Waals surface area contributed by atoms with Crippen molar-refractivity contribution in [3.05, 3.63) is 0 Å². The summed E-state index contributed by atoms with van der Waals surface area (Å²) in [4.78, 5) is 0. The van der Waals surface area contributed by atoms with Gasteiger partial charge in [-0.2, -0.15) is 10.2 Å². The summed E-state index contributed by atoms with van der Waals surface area (Å²) >= 11 is 0. The Morgan fingerprint density at radius 2 is 1.64 bits per heavy atom. The molecule has 0 saturated carbocycles. The summed E-state index contributed by atoms with van der Waals surface area (Å²) in [5.74, 6) is 0.822. The van der Waals surface area contributed by atoms with Crippen molar-refractivity contribution in [2.24, 2.45) is 16.1 Å². The van der Waals surface area contributed by atoms with Gasteiger partial charge in [-0.1, -0.05) is 26.7 Å². The first-order valence-corrected chi connectivity index (χ1v) is 5.56. The first-order chi connectivity index (χ1) is 6.52. The highest BCUT2D eigenvalue weighted by Gasteiger charge is 1.95.